The third kappa shape index (κ3) is 12.4. The summed E-state index contributed by atoms with van der Waals surface area (Å²) in [5, 5.41) is 11.5. The summed E-state index contributed by atoms with van der Waals surface area (Å²) in [6.45, 7) is 2.28. The summed E-state index contributed by atoms with van der Waals surface area (Å²) in [6, 6.07) is 33.1. The van der Waals surface area contributed by atoms with E-state index in [0.717, 1.165) is 29.1 Å². The van der Waals surface area contributed by atoms with Crippen LogP contribution in [-0.2, 0) is 23.6 Å². The largest absolute Gasteiger partial charge is 1.00 e. The molecule has 0 spiro atoms. The minimum absolute atomic E-state index is 0. The van der Waals surface area contributed by atoms with E-state index in [1.165, 1.54) is 4.90 Å². The van der Waals surface area contributed by atoms with Crippen molar-refractivity contribution in [2.45, 2.75) is 12.2 Å². The molecule has 244 valence electrons. The Bertz CT molecular complexity index is 1550. The van der Waals surface area contributed by atoms with E-state index in [-0.39, 0.29) is 69.1 Å². The first-order chi connectivity index (χ1) is 22.0. The zero-order valence-electron chi connectivity index (χ0n) is 27.8. The first kappa shape index (κ1) is 40.0. The molecule has 11 nitrogen and oxygen atoms in total. The Hall–Kier alpha value is -3.17. The Balaban J connectivity index is 0.000000337. The molecule has 0 saturated heterocycles. The van der Waals surface area contributed by atoms with Crippen molar-refractivity contribution in [2.24, 2.45) is 14.1 Å². The van der Waals surface area contributed by atoms with E-state index in [1.54, 1.807) is 36.3 Å². The summed E-state index contributed by atoms with van der Waals surface area (Å²) in [7, 11) is 7.44. The van der Waals surface area contributed by atoms with Crippen molar-refractivity contribution < 1.29 is 75.9 Å². The van der Waals surface area contributed by atoms with Crippen molar-refractivity contribution in [2.75, 3.05) is 40.4 Å². The summed E-state index contributed by atoms with van der Waals surface area (Å²) >= 11 is 0. The van der Waals surface area contributed by atoms with Gasteiger partial charge in [-0.3, -0.25) is 9.36 Å². The number of ether oxygens (including phenoxy) is 3. The van der Waals surface area contributed by atoms with Gasteiger partial charge in [-0.15, -0.1) is 0 Å². The first-order valence-corrected chi connectivity index (χ1v) is 14.9. The van der Waals surface area contributed by atoms with E-state index in [0.29, 0.717) is 25.5 Å². The van der Waals surface area contributed by atoms with Crippen molar-refractivity contribution in [3.8, 4) is 5.75 Å². The minimum atomic E-state index is -0.415. The van der Waals surface area contributed by atoms with Gasteiger partial charge in [-0.25, -0.2) is 4.79 Å². The van der Waals surface area contributed by atoms with Crippen LogP contribution in [0.1, 0.15) is 34.7 Å². The number of aryl methyl sites for hydroxylation is 2. The molecule has 3 aromatic carbocycles. The van der Waals surface area contributed by atoms with Crippen molar-refractivity contribution in [1.82, 2.24) is 29.8 Å². The smallest absolute Gasteiger partial charge is 0.870 e. The second kappa shape index (κ2) is 21.7. The summed E-state index contributed by atoms with van der Waals surface area (Å²) < 4.78 is 21.1. The van der Waals surface area contributed by atoms with Gasteiger partial charge in [0.15, 0.2) is 0 Å². The average Bonchev–Trinajstić information content (AvgIpc) is 3.70. The van der Waals surface area contributed by atoms with E-state index in [1.807, 2.05) is 105 Å². The maximum absolute atomic E-state index is 12.2. The molecule has 0 fully saturated rings. The van der Waals surface area contributed by atoms with Gasteiger partial charge >= 0.3 is 57.5 Å². The number of benzene rings is 3. The third-order valence-corrected chi connectivity index (χ3v) is 7.07. The molecule has 2 unspecified atom stereocenters. The summed E-state index contributed by atoms with van der Waals surface area (Å²) in [5.74, 6) is 0.521. The molecule has 2 atom stereocenters. The molecule has 5 rings (SSSR count). The van der Waals surface area contributed by atoms with Gasteiger partial charge < -0.3 is 29.9 Å². The van der Waals surface area contributed by atoms with E-state index in [9.17, 15) is 4.79 Å². The number of likely N-dealkylation sites (N-methyl/N-ethyl adjacent to an activating group) is 2. The number of amides is 1. The number of rotatable bonds is 13. The van der Waals surface area contributed by atoms with Gasteiger partial charge in [0.2, 0.25) is 0 Å². The molecular formula is C35H43KN6O5. The number of nitrogens with one attached hydrogen (secondary N) is 1. The number of carbonyl (C=O) groups is 1. The normalized spacial score (nSPS) is 11.6. The van der Waals surface area contributed by atoms with Crippen LogP contribution in [0.3, 0.4) is 0 Å². The van der Waals surface area contributed by atoms with Crippen LogP contribution in [0.25, 0.3) is 0 Å². The van der Waals surface area contributed by atoms with E-state index in [2.05, 4.69) is 27.6 Å². The molecule has 5 aromatic rings. The number of aromatic nitrogens is 4. The van der Waals surface area contributed by atoms with E-state index in [4.69, 9.17) is 14.2 Å². The van der Waals surface area contributed by atoms with Gasteiger partial charge in [0.05, 0.1) is 24.6 Å². The number of para-hydroxylation sites is 1. The Morgan fingerprint density at radius 3 is 1.62 bits per heavy atom. The second-order valence-electron chi connectivity index (χ2n) is 10.3. The number of carbonyl (C=O) groups excluding carboxylic acids is 1. The van der Waals surface area contributed by atoms with Crippen molar-refractivity contribution in [3.05, 3.63) is 138 Å². The Morgan fingerprint density at radius 2 is 1.19 bits per heavy atom. The van der Waals surface area contributed by atoms with Crippen LogP contribution in [0.2, 0.25) is 0 Å². The Kier molecular flexibility index (Phi) is 18.4. The van der Waals surface area contributed by atoms with Crippen LogP contribution in [0.5, 0.6) is 5.75 Å². The van der Waals surface area contributed by atoms with Crippen LogP contribution >= 0.6 is 0 Å². The maximum Gasteiger partial charge on any atom is 1.00 e. The minimum Gasteiger partial charge on any atom is -0.870 e. The Labute approximate surface area is 319 Å². The molecule has 0 aliphatic carbocycles. The molecule has 0 aliphatic heterocycles. The van der Waals surface area contributed by atoms with E-state index >= 15 is 0 Å². The molecule has 2 heterocycles. The molecule has 0 radical (unpaired) electrons. The quantitative estimate of drug-likeness (QED) is 0.150. The van der Waals surface area contributed by atoms with Gasteiger partial charge in [-0.1, -0.05) is 78.9 Å². The monoisotopic (exact) mass is 666 g/mol. The average molecular weight is 667 g/mol. The summed E-state index contributed by atoms with van der Waals surface area (Å²) in [4.78, 5) is 13.7. The number of nitrogens with zero attached hydrogens (tertiary/aromatic N) is 5. The first-order valence-electron chi connectivity index (χ1n) is 14.9. The van der Waals surface area contributed by atoms with Crippen molar-refractivity contribution >= 4 is 6.09 Å². The molecule has 1 amide bonds. The molecule has 0 bridgehead atoms. The topological polar surface area (TPSA) is 126 Å². The van der Waals surface area contributed by atoms with Gasteiger partial charge in [0, 0.05) is 46.6 Å². The van der Waals surface area contributed by atoms with Crippen LogP contribution in [0.15, 0.2) is 116 Å². The van der Waals surface area contributed by atoms with Crippen LogP contribution < -0.4 is 61.4 Å². The predicted octanol–water partition coefficient (Wildman–Crippen LogP) is 2.23. The van der Waals surface area contributed by atoms with Crippen LogP contribution in [0.4, 0.5) is 4.79 Å². The van der Waals surface area contributed by atoms with Crippen molar-refractivity contribution in [1.29, 1.82) is 0 Å². The fraction of sp³-hybridized carbons (Fsp3) is 0.286. The molecule has 47 heavy (non-hydrogen) atoms. The maximum atomic E-state index is 12.2. The zero-order chi connectivity index (χ0) is 31.9. The van der Waals surface area contributed by atoms with Crippen LogP contribution in [-0.4, -0.2) is 76.4 Å². The van der Waals surface area contributed by atoms with Crippen molar-refractivity contribution in [3.63, 3.8) is 0 Å². The third-order valence-electron chi connectivity index (χ3n) is 7.07. The second-order valence-corrected chi connectivity index (χ2v) is 10.3. The molecular weight excluding hydrogens is 624 g/mol. The number of hydrogen-bond donors (Lipinski definition) is 1. The summed E-state index contributed by atoms with van der Waals surface area (Å²) in [5.41, 5.74) is 4.21. The van der Waals surface area contributed by atoms with Gasteiger partial charge in [-0.2, -0.15) is 10.2 Å². The molecule has 0 aliphatic rings. The SMILES string of the molecule is CN(CCOC(c1ccccc1)c1ccnn1C)C(=O)Oc1ccccc1.CNCCOC(c1ccccc1)c1ccnn1C.[K+].[OH-]. The fourth-order valence-corrected chi connectivity index (χ4v) is 4.59. The van der Waals surface area contributed by atoms with Gasteiger partial charge in [0.1, 0.15) is 18.0 Å². The predicted molar refractivity (Wildman–Crippen MR) is 176 cm³/mol. The molecule has 2 N–H and O–H groups in total. The zero-order valence-corrected chi connectivity index (χ0v) is 30.9. The van der Waals surface area contributed by atoms with E-state index < -0.39 is 6.09 Å². The fourth-order valence-electron chi connectivity index (χ4n) is 4.59. The van der Waals surface area contributed by atoms with Gasteiger partial charge in [0.25, 0.3) is 0 Å². The van der Waals surface area contributed by atoms with Gasteiger partial charge in [-0.05, 0) is 42.4 Å². The molecule has 12 heteroatoms. The molecule has 0 saturated carbocycles. The van der Waals surface area contributed by atoms with Crippen LogP contribution in [0, 0.1) is 0 Å². The molecule has 2 aromatic heterocycles. The number of hydrogen-bond acceptors (Lipinski definition) is 8. The summed E-state index contributed by atoms with van der Waals surface area (Å²) in [6.07, 6.45) is 2.82. The Morgan fingerprint density at radius 1 is 0.745 bits per heavy atom. The standard InChI is InChI=1S/C21H23N3O3.C14H19N3O.K.H2O/c1-23(21(25)27-18-11-7-4-8-12-18)15-16-26-20(17-9-5-3-6-10-17)19-13-14-22-24(19)2;1-15-10-11-18-14(12-6-4-3-5-7-12)13-8-9-16-17(13)2;;/h3-14,20H,15-16H2,1-2H3;3-9,14-15H,10-11H2,1-2H3;;1H2/q;;+1;/p-1.